The van der Waals surface area contributed by atoms with E-state index in [4.69, 9.17) is 4.74 Å². The average Bonchev–Trinajstić information content (AvgIpc) is 2.17. The van der Waals surface area contributed by atoms with Gasteiger partial charge >= 0.3 is 5.97 Å². The van der Waals surface area contributed by atoms with E-state index in [1.54, 1.807) is 0 Å². The summed E-state index contributed by atoms with van der Waals surface area (Å²) >= 11 is 0. The summed E-state index contributed by atoms with van der Waals surface area (Å²) in [6, 6.07) is 0. The molecule has 0 aromatic heterocycles. The van der Waals surface area contributed by atoms with Crippen LogP contribution in [0.3, 0.4) is 0 Å². The van der Waals surface area contributed by atoms with Gasteiger partial charge in [0.05, 0.1) is 12.5 Å². The smallest absolute Gasteiger partial charge is 0.309 e. The van der Waals surface area contributed by atoms with Crippen molar-refractivity contribution in [2.24, 2.45) is 17.3 Å². The number of carbonyl (C=O) groups is 1. The van der Waals surface area contributed by atoms with Crippen molar-refractivity contribution in [2.75, 3.05) is 6.61 Å². The van der Waals surface area contributed by atoms with E-state index >= 15 is 0 Å². The molecule has 3 aliphatic rings. The molecule has 2 heteroatoms. The second-order valence-electron chi connectivity index (χ2n) is 4.26. The van der Waals surface area contributed by atoms with Crippen LogP contribution < -0.4 is 0 Å². The lowest BCUT2D eigenvalue weighted by molar-refractivity contribution is -0.156. The van der Waals surface area contributed by atoms with Gasteiger partial charge in [0.25, 0.3) is 0 Å². The maximum Gasteiger partial charge on any atom is 0.309 e. The third-order valence-electron chi connectivity index (χ3n) is 3.47. The van der Waals surface area contributed by atoms with Crippen LogP contribution in [0, 0.1) is 17.3 Å². The van der Waals surface area contributed by atoms with Gasteiger partial charge in [-0.25, -0.2) is 0 Å². The summed E-state index contributed by atoms with van der Waals surface area (Å²) in [4.78, 5) is 11.2. The Labute approximate surface area is 66.9 Å². The fourth-order valence-electron chi connectivity index (χ4n) is 2.31. The summed E-state index contributed by atoms with van der Waals surface area (Å²) in [5.74, 6) is 0.942. The standard InChI is InChI=1S/C9H14O2/c1-9(2)6-3-4-11-8(10)7(9)5-6/h6-7H,3-5H2,1-2H3/t6-,7-/m0/s1. The molecule has 11 heavy (non-hydrogen) atoms. The van der Waals surface area contributed by atoms with Crippen molar-refractivity contribution in [3.05, 3.63) is 0 Å². The fourth-order valence-corrected chi connectivity index (χ4v) is 2.31. The maximum absolute atomic E-state index is 11.2. The molecular formula is C9H14O2. The monoisotopic (exact) mass is 154 g/mol. The number of ether oxygens (including phenoxy) is 1. The fraction of sp³-hybridized carbons (Fsp3) is 0.889. The van der Waals surface area contributed by atoms with Crippen molar-refractivity contribution >= 4 is 5.97 Å². The third-order valence-corrected chi connectivity index (χ3v) is 3.47. The number of fused-ring (bicyclic) bond motifs is 3. The van der Waals surface area contributed by atoms with Crippen LogP contribution in [0.4, 0.5) is 0 Å². The summed E-state index contributed by atoms with van der Waals surface area (Å²) < 4.78 is 5.05. The zero-order valence-corrected chi connectivity index (χ0v) is 7.09. The van der Waals surface area contributed by atoms with Crippen LogP contribution in [-0.2, 0) is 9.53 Å². The minimum Gasteiger partial charge on any atom is -0.465 e. The lowest BCUT2D eigenvalue weighted by atomic mass is 9.54. The highest BCUT2D eigenvalue weighted by Gasteiger charge is 2.53. The Hall–Kier alpha value is -0.530. The molecule has 0 unspecified atom stereocenters. The van der Waals surface area contributed by atoms with Crippen LogP contribution in [0.2, 0.25) is 0 Å². The summed E-state index contributed by atoms with van der Waals surface area (Å²) in [5, 5.41) is 0. The van der Waals surface area contributed by atoms with E-state index in [9.17, 15) is 4.79 Å². The molecule has 1 aliphatic carbocycles. The quantitative estimate of drug-likeness (QED) is 0.495. The first-order chi connectivity index (χ1) is 5.12. The molecule has 2 nitrogen and oxygen atoms in total. The first-order valence-corrected chi connectivity index (χ1v) is 4.29. The summed E-state index contributed by atoms with van der Waals surface area (Å²) in [6.45, 7) is 5.00. The van der Waals surface area contributed by atoms with Gasteiger partial charge in [-0.05, 0) is 24.2 Å². The van der Waals surface area contributed by atoms with E-state index in [0.29, 0.717) is 6.61 Å². The van der Waals surface area contributed by atoms with Crippen molar-refractivity contribution in [1.29, 1.82) is 0 Å². The van der Waals surface area contributed by atoms with Crippen LogP contribution in [0.5, 0.6) is 0 Å². The van der Waals surface area contributed by atoms with Gasteiger partial charge in [-0.2, -0.15) is 0 Å². The molecule has 2 saturated heterocycles. The lowest BCUT2D eigenvalue weighted by Gasteiger charge is -2.48. The molecule has 2 atom stereocenters. The zero-order chi connectivity index (χ0) is 8.06. The Morgan fingerprint density at radius 1 is 1.55 bits per heavy atom. The highest BCUT2D eigenvalue weighted by molar-refractivity contribution is 5.75. The van der Waals surface area contributed by atoms with Gasteiger partial charge in [0.1, 0.15) is 0 Å². The average molecular weight is 154 g/mol. The second kappa shape index (κ2) is 1.99. The van der Waals surface area contributed by atoms with E-state index in [1.165, 1.54) is 0 Å². The van der Waals surface area contributed by atoms with Crippen LogP contribution in [-0.4, -0.2) is 12.6 Å². The molecule has 0 aromatic rings. The van der Waals surface area contributed by atoms with E-state index in [0.717, 1.165) is 18.8 Å². The third kappa shape index (κ3) is 0.815. The second-order valence-corrected chi connectivity index (χ2v) is 4.26. The van der Waals surface area contributed by atoms with Crippen LogP contribution in [0.1, 0.15) is 26.7 Å². The van der Waals surface area contributed by atoms with E-state index < -0.39 is 0 Å². The van der Waals surface area contributed by atoms with Gasteiger partial charge in [0.15, 0.2) is 0 Å². The SMILES string of the molecule is CC1(C)[C@H]2CCOC(=O)[C@@H]1C2. The topological polar surface area (TPSA) is 26.3 Å². The van der Waals surface area contributed by atoms with Crippen LogP contribution >= 0.6 is 0 Å². The van der Waals surface area contributed by atoms with E-state index in [2.05, 4.69) is 13.8 Å². The summed E-state index contributed by atoms with van der Waals surface area (Å²) in [5.41, 5.74) is 0.216. The Morgan fingerprint density at radius 2 is 2.27 bits per heavy atom. The van der Waals surface area contributed by atoms with Crippen LogP contribution in [0.15, 0.2) is 0 Å². The number of hydrogen-bond acceptors (Lipinski definition) is 2. The first kappa shape index (κ1) is 7.14. The molecule has 0 spiro atoms. The number of carbonyl (C=O) groups excluding carboxylic acids is 1. The molecule has 2 aliphatic heterocycles. The molecule has 2 heterocycles. The van der Waals surface area contributed by atoms with Crippen molar-refractivity contribution in [3.8, 4) is 0 Å². The van der Waals surface area contributed by atoms with Gasteiger partial charge in [-0.3, -0.25) is 4.79 Å². The molecule has 0 radical (unpaired) electrons. The summed E-state index contributed by atoms with van der Waals surface area (Å²) in [6.07, 6.45) is 2.13. The number of hydrogen-bond donors (Lipinski definition) is 0. The lowest BCUT2D eigenvalue weighted by Crippen LogP contribution is -2.46. The van der Waals surface area contributed by atoms with Gasteiger partial charge in [-0.15, -0.1) is 0 Å². The highest BCUT2D eigenvalue weighted by atomic mass is 16.5. The highest BCUT2D eigenvalue weighted by Crippen LogP contribution is 2.54. The van der Waals surface area contributed by atoms with Crippen molar-refractivity contribution in [3.63, 3.8) is 0 Å². The molecular weight excluding hydrogens is 140 g/mol. The van der Waals surface area contributed by atoms with E-state index in [-0.39, 0.29) is 17.3 Å². The predicted octanol–water partition coefficient (Wildman–Crippen LogP) is 1.60. The van der Waals surface area contributed by atoms with Gasteiger partial charge in [0, 0.05) is 0 Å². The number of esters is 1. The normalized spacial score (nSPS) is 40.4. The Bertz CT molecular complexity index is 196. The van der Waals surface area contributed by atoms with E-state index in [1.807, 2.05) is 0 Å². The molecule has 0 aromatic carbocycles. The molecule has 0 amide bonds. The molecule has 3 rings (SSSR count). The van der Waals surface area contributed by atoms with Gasteiger partial charge in [-0.1, -0.05) is 13.8 Å². The predicted molar refractivity (Wildman–Crippen MR) is 41.0 cm³/mol. The van der Waals surface area contributed by atoms with Gasteiger partial charge in [0.2, 0.25) is 0 Å². The minimum atomic E-state index is 0.0313. The molecule has 62 valence electrons. The molecule has 3 fully saturated rings. The zero-order valence-electron chi connectivity index (χ0n) is 7.09. The van der Waals surface area contributed by atoms with Crippen LogP contribution in [0.25, 0.3) is 0 Å². The largest absolute Gasteiger partial charge is 0.465 e. The van der Waals surface area contributed by atoms with Crippen molar-refractivity contribution in [1.82, 2.24) is 0 Å². The number of rotatable bonds is 0. The Balaban J connectivity index is 2.22. The summed E-state index contributed by atoms with van der Waals surface area (Å²) in [7, 11) is 0. The first-order valence-electron chi connectivity index (χ1n) is 4.29. The molecule has 2 bridgehead atoms. The minimum absolute atomic E-state index is 0.0313. The van der Waals surface area contributed by atoms with Gasteiger partial charge < -0.3 is 4.74 Å². The Kier molecular flexibility index (Phi) is 1.29. The Morgan fingerprint density at radius 3 is 2.91 bits per heavy atom. The van der Waals surface area contributed by atoms with Crippen molar-refractivity contribution < 1.29 is 9.53 Å². The maximum atomic E-state index is 11.2. The molecule has 1 saturated carbocycles. The van der Waals surface area contributed by atoms with Crippen molar-refractivity contribution in [2.45, 2.75) is 26.7 Å². The molecule has 0 N–H and O–H groups in total.